The number of likely N-dealkylation sites (tertiary alicyclic amines) is 2. The van der Waals surface area contributed by atoms with Gasteiger partial charge in [-0.05, 0) is 96.1 Å². The first-order valence-electron chi connectivity index (χ1n) is 14.4. The van der Waals surface area contributed by atoms with Crippen LogP contribution in [0.4, 0.5) is 5.69 Å². The minimum Gasteiger partial charge on any atom is -0.369 e. The Hall–Kier alpha value is -2.48. The minimum absolute atomic E-state index is 0.0340. The monoisotopic (exact) mass is 504 g/mol. The summed E-state index contributed by atoms with van der Waals surface area (Å²) in [5.74, 6) is -0.0340. The molecule has 0 spiro atoms. The van der Waals surface area contributed by atoms with Crippen molar-refractivity contribution in [1.82, 2.24) is 25.0 Å². The molecular formula is C30H44N6O. The van der Waals surface area contributed by atoms with Gasteiger partial charge in [0.15, 0.2) is 0 Å². The zero-order valence-electron chi connectivity index (χ0n) is 22.6. The SMILES string of the molecule is CN1CCN(c2ccc(-c3ccc(C(=O)NCCCN4CCC(N5CCCCC5)CC4)cn3)cc2)CC1. The number of aromatic nitrogens is 1. The first-order chi connectivity index (χ1) is 18.2. The van der Waals surface area contributed by atoms with Crippen LogP contribution in [0.15, 0.2) is 42.6 Å². The van der Waals surface area contributed by atoms with Crippen LogP contribution in [0.5, 0.6) is 0 Å². The number of rotatable bonds is 8. The van der Waals surface area contributed by atoms with Crippen molar-refractivity contribution in [2.24, 2.45) is 0 Å². The molecule has 1 amide bonds. The number of nitrogens with one attached hydrogen (secondary N) is 1. The average Bonchev–Trinajstić information content (AvgIpc) is 2.97. The normalized spacial score (nSPS) is 20.7. The Bertz CT molecular complexity index is 972. The number of benzene rings is 1. The Morgan fingerprint density at radius 1 is 0.892 bits per heavy atom. The second-order valence-electron chi connectivity index (χ2n) is 11.0. The van der Waals surface area contributed by atoms with Crippen molar-refractivity contribution in [2.75, 3.05) is 77.4 Å². The molecule has 7 nitrogen and oxygen atoms in total. The number of hydrogen-bond donors (Lipinski definition) is 1. The molecule has 0 radical (unpaired) electrons. The number of carbonyl (C=O) groups excluding carboxylic acids is 1. The summed E-state index contributed by atoms with van der Waals surface area (Å²) < 4.78 is 0. The summed E-state index contributed by atoms with van der Waals surface area (Å²) in [6.45, 7) is 11.1. The van der Waals surface area contributed by atoms with Crippen molar-refractivity contribution in [3.8, 4) is 11.3 Å². The molecule has 4 heterocycles. The summed E-state index contributed by atoms with van der Waals surface area (Å²) in [5.41, 5.74) is 3.86. The molecule has 1 N–H and O–H groups in total. The van der Waals surface area contributed by atoms with Gasteiger partial charge in [0.1, 0.15) is 0 Å². The van der Waals surface area contributed by atoms with Crippen LogP contribution in [0.3, 0.4) is 0 Å². The maximum absolute atomic E-state index is 12.6. The first kappa shape index (κ1) is 26.1. The van der Waals surface area contributed by atoms with E-state index in [1.807, 2.05) is 12.1 Å². The van der Waals surface area contributed by atoms with Crippen molar-refractivity contribution in [2.45, 2.75) is 44.6 Å². The van der Waals surface area contributed by atoms with Gasteiger partial charge in [-0.15, -0.1) is 0 Å². The third kappa shape index (κ3) is 7.09. The largest absolute Gasteiger partial charge is 0.369 e. The Labute approximate surface area is 222 Å². The van der Waals surface area contributed by atoms with Gasteiger partial charge < -0.3 is 24.9 Å². The summed E-state index contributed by atoms with van der Waals surface area (Å²) in [4.78, 5) is 27.3. The van der Waals surface area contributed by atoms with E-state index in [-0.39, 0.29) is 5.91 Å². The van der Waals surface area contributed by atoms with Crippen LogP contribution in [-0.4, -0.2) is 104 Å². The van der Waals surface area contributed by atoms with Crippen LogP contribution in [0, 0.1) is 0 Å². The fourth-order valence-electron chi connectivity index (χ4n) is 6.00. The van der Waals surface area contributed by atoms with Crippen LogP contribution in [-0.2, 0) is 0 Å². The van der Waals surface area contributed by atoms with Crippen molar-refractivity contribution < 1.29 is 4.79 Å². The van der Waals surface area contributed by atoms with Crippen LogP contribution in [0.2, 0.25) is 0 Å². The molecule has 3 aliphatic heterocycles. The summed E-state index contributed by atoms with van der Waals surface area (Å²) in [5, 5.41) is 3.08. The predicted octanol–water partition coefficient (Wildman–Crippen LogP) is 3.57. The van der Waals surface area contributed by atoms with E-state index in [2.05, 4.69) is 61.2 Å². The number of piperazine rings is 1. The molecule has 37 heavy (non-hydrogen) atoms. The van der Waals surface area contributed by atoms with Crippen LogP contribution in [0.1, 0.15) is 48.9 Å². The van der Waals surface area contributed by atoms with Gasteiger partial charge in [-0.3, -0.25) is 9.78 Å². The molecule has 5 rings (SSSR count). The first-order valence-corrected chi connectivity index (χ1v) is 14.4. The number of nitrogens with zero attached hydrogens (tertiary/aromatic N) is 5. The maximum atomic E-state index is 12.6. The van der Waals surface area contributed by atoms with Crippen molar-refractivity contribution >= 4 is 11.6 Å². The number of hydrogen-bond acceptors (Lipinski definition) is 6. The number of likely N-dealkylation sites (N-methyl/N-ethyl adjacent to an activating group) is 1. The average molecular weight is 505 g/mol. The molecule has 3 aliphatic rings. The van der Waals surface area contributed by atoms with Crippen molar-refractivity contribution in [3.63, 3.8) is 0 Å². The van der Waals surface area contributed by atoms with E-state index in [9.17, 15) is 4.79 Å². The van der Waals surface area contributed by atoms with Gasteiger partial charge in [-0.1, -0.05) is 18.6 Å². The van der Waals surface area contributed by atoms with E-state index in [4.69, 9.17) is 0 Å². The second kappa shape index (κ2) is 12.9. The molecule has 3 saturated heterocycles. The molecule has 3 fully saturated rings. The fourth-order valence-corrected chi connectivity index (χ4v) is 6.00. The molecule has 1 aromatic carbocycles. The zero-order chi connectivity index (χ0) is 25.5. The highest BCUT2D eigenvalue weighted by Gasteiger charge is 2.25. The molecule has 200 valence electrons. The lowest BCUT2D eigenvalue weighted by molar-refractivity contribution is 0.0902. The van der Waals surface area contributed by atoms with E-state index in [0.717, 1.165) is 56.4 Å². The minimum atomic E-state index is -0.0340. The van der Waals surface area contributed by atoms with Gasteiger partial charge in [-0.2, -0.15) is 0 Å². The Kier molecular flexibility index (Phi) is 9.08. The molecule has 2 aromatic rings. The van der Waals surface area contributed by atoms with Gasteiger partial charge in [0.2, 0.25) is 0 Å². The zero-order valence-corrected chi connectivity index (χ0v) is 22.6. The van der Waals surface area contributed by atoms with Gasteiger partial charge in [0, 0.05) is 56.2 Å². The molecule has 0 unspecified atom stereocenters. The van der Waals surface area contributed by atoms with Gasteiger partial charge in [0.05, 0.1) is 11.3 Å². The van der Waals surface area contributed by atoms with E-state index in [1.165, 1.54) is 64.0 Å². The lowest BCUT2D eigenvalue weighted by Crippen LogP contribution is -2.47. The lowest BCUT2D eigenvalue weighted by atomic mass is 10.00. The third-order valence-electron chi connectivity index (χ3n) is 8.46. The van der Waals surface area contributed by atoms with E-state index in [1.54, 1.807) is 6.20 Å². The Morgan fingerprint density at radius 3 is 2.30 bits per heavy atom. The number of carbonyl (C=O) groups is 1. The maximum Gasteiger partial charge on any atom is 0.252 e. The number of anilines is 1. The van der Waals surface area contributed by atoms with E-state index >= 15 is 0 Å². The van der Waals surface area contributed by atoms with E-state index < -0.39 is 0 Å². The van der Waals surface area contributed by atoms with E-state index in [0.29, 0.717) is 12.1 Å². The highest BCUT2D eigenvalue weighted by Crippen LogP contribution is 2.23. The van der Waals surface area contributed by atoms with Crippen molar-refractivity contribution in [1.29, 1.82) is 0 Å². The molecule has 0 aliphatic carbocycles. The summed E-state index contributed by atoms with van der Waals surface area (Å²) >= 11 is 0. The number of piperidine rings is 2. The quantitative estimate of drug-likeness (QED) is 0.555. The van der Waals surface area contributed by atoms with Crippen LogP contribution < -0.4 is 10.2 Å². The molecule has 0 saturated carbocycles. The molecular weight excluding hydrogens is 460 g/mol. The number of amides is 1. The topological polar surface area (TPSA) is 55.0 Å². The fraction of sp³-hybridized carbons (Fsp3) is 0.600. The van der Waals surface area contributed by atoms with Gasteiger partial charge in [0.25, 0.3) is 5.91 Å². The smallest absolute Gasteiger partial charge is 0.252 e. The third-order valence-corrected chi connectivity index (χ3v) is 8.46. The number of pyridine rings is 1. The molecule has 1 aromatic heterocycles. The van der Waals surface area contributed by atoms with Gasteiger partial charge in [-0.25, -0.2) is 0 Å². The van der Waals surface area contributed by atoms with Crippen LogP contribution in [0.25, 0.3) is 11.3 Å². The second-order valence-corrected chi connectivity index (χ2v) is 11.0. The molecule has 0 atom stereocenters. The summed E-state index contributed by atoms with van der Waals surface area (Å²) in [6, 6.07) is 13.2. The summed E-state index contributed by atoms with van der Waals surface area (Å²) in [7, 11) is 2.18. The standard InChI is InChI=1S/C30H44N6O/c1-33-20-22-36(23-21-33)27-9-6-25(7-10-27)29-11-8-26(24-32-29)30(37)31-14-5-15-34-18-12-28(13-19-34)35-16-3-2-4-17-35/h6-11,24,28H,2-5,12-23H2,1H3,(H,31,37). The highest BCUT2D eigenvalue weighted by molar-refractivity contribution is 5.94. The van der Waals surface area contributed by atoms with Crippen LogP contribution >= 0.6 is 0 Å². The van der Waals surface area contributed by atoms with Gasteiger partial charge >= 0.3 is 0 Å². The predicted molar refractivity (Wildman–Crippen MR) is 151 cm³/mol. The lowest BCUT2D eigenvalue weighted by Gasteiger charge is -2.40. The molecule has 7 heteroatoms. The highest BCUT2D eigenvalue weighted by atomic mass is 16.1. The van der Waals surface area contributed by atoms with Crippen molar-refractivity contribution in [3.05, 3.63) is 48.2 Å². The molecule has 0 bridgehead atoms. The Morgan fingerprint density at radius 2 is 1.62 bits per heavy atom. The summed E-state index contributed by atoms with van der Waals surface area (Å²) in [6.07, 6.45) is 9.44. The Balaban J connectivity index is 1.02.